The van der Waals surface area contributed by atoms with Gasteiger partial charge in [0.05, 0.1) is 0 Å². The molecule has 0 spiro atoms. The first-order valence-electron chi connectivity index (χ1n) is 6.05. The molecule has 1 saturated carbocycles. The highest BCUT2D eigenvalue weighted by Crippen LogP contribution is 2.30. The Balaban J connectivity index is 2.09. The third-order valence-electron chi connectivity index (χ3n) is 3.17. The topological polar surface area (TPSA) is 49.8 Å². The van der Waals surface area contributed by atoms with Crippen LogP contribution in [0.15, 0.2) is 6.07 Å². The van der Waals surface area contributed by atoms with E-state index in [1.807, 2.05) is 31.8 Å². The molecule has 2 atom stereocenters. The average molecular weight is 252 g/mol. The number of hydrogen-bond acceptors (Lipinski definition) is 5. The predicted octanol–water partition coefficient (Wildman–Crippen LogP) is 2.52. The van der Waals surface area contributed by atoms with Crippen LogP contribution in [0.5, 0.6) is 0 Å². The van der Waals surface area contributed by atoms with E-state index in [-0.39, 0.29) is 0 Å². The van der Waals surface area contributed by atoms with Gasteiger partial charge in [-0.1, -0.05) is 6.42 Å². The Bertz CT molecular complexity index is 383. The van der Waals surface area contributed by atoms with Crippen molar-refractivity contribution in [3.8, 4) is 0 Å². The zero-order valence-corrected chi connectivity index (χ0v) is 11.5. The van der Waals surface area contributed by atoms with Gasteiger partial charge in [-0.05, 0) is 26.0 Å². The van der Waals surface area contributed by atoms with Gasteiger partial charge in [-0.2, -0.15) is 16.7 Å². The molecule has 1 aliphatic carbocycles. The highest BCUT2D eigenvalue weighted by Gasteiger charge is 2.26. The second kappa shape index (κ2) is 5.58. The van der Waals surface area contributed by atoms with Crippen LogP contribution >= 0.6 is 11.8 Å². The van der Waals surface area contributed by atoms with Crippen molar-refractivity contribution in [1.29, 1.82) is 0 Å². The zero-order valence-electron chi connectivity index (χ0n) is 10.7. The first kappa shape index (κ1) is 12.5. The van der Waals surface area contributed by atoms with E-state index in [9.17, 15) is 0 Å². The Morgan fingerprint density at radius 3 is 2.88 bits per heavy atom. The van der Waals surface area contributed by atoms with E-state index in [1.54, 1.807) is 0 Å². The van der Waals surface area contributed by atoms with Crippen molar-refractivity contribution < 1.29 is 0 Å². The largest absolute Gasteiger partial charge is 0.366 e. The Hall–Kier alpha value is -0.970. The Morgan fingerprint density at radius 2 is 2.18 bits per heavy atom. The van der Waals surface area contributed by atoms with Crippen LogP contribution in [0.4, 0.5) is 11.8 Å². The average Bonchev–Trinajstić information content (AvgIpc) is 2.75. The molecule has 94 valence electrons. The normalized spacial score (nSPS) is 23.7. The van der Waals surface area contributed by atoms with Crippen LogP contribution in [-0.2, 0) is 0 Å². The van der Waals surface area contributed by atoms with E-state index in [0.29, 0.717) is 17.2 Å². The van der Waals surface area contributed by atoms with Crippen molar-refractivity contribution in [3.05, 3.63) is 11.8 Å². The van der Waals surface area contributed by atoms with E-state index in [2.05, 4.69) is 26.9 Å². The number of rotatable bonds is 4. The lowest BCUT2D eigenvalue weighted by Gasteiger charge is -2.20. The first-order chi connectivity index (χ1) is 8.22. The summed E-state index contributed by atoms with van der Waals surface area (Å²) in [4.78, 5) is 8.74. The number of anilines is 2. The molecular formula is C12H20N4S. The second-order valence-electron chi connectivity index (χ2n) is 4.42. The lowest BCUT2D eigenvalue weighted by atomic mass is 10.2. The molecule has 0 amide bonds. The minimum atomic E-state index is 0.545. The molecule has 0 radical (unpaired) electrons. The van der Waals surface area contributed by atoms with Crippen LogP contribution in [0.3, 0.4) is 0 Å². The quantitative estimate of drug-likeness (QED) is 0.862. The van der Waals surface area contributed by atoms with E-state index in [0.717, 1.165) is 11.5 Å². The van der Waals surface area contributed by atoms with Gasteiger partial charge in [0.2, 0.25) is 5.95 Å². The van der Waals surface area contributed by atoms with Crippen molar-refractivity contribution in [3.63, 3.8) is 0 Å². The number of aromatic nitrogens is 2. The standard InChI is InChI=1S/C12H20N4S/c1-8-7-11(16-12(13-2)14-8)15-9-5-4-6-10(9)17-3/h7,9-10H,4-6H2,1-3H3,(H2,13,14,15,16). The van der Waals surface area contributed by atoms with Gasteiger partial charge in [0.1, 0.15) is 5.82 Å². The summed E-state index contributed by atoms with van der Waals surface area (Å²) in [5.41, 5.74) is 0.991. The van der Waals surface area contributed by atoms with Gasteiger partial charge in [-0.3, -0.25) is 0 Å². The minimum absolute atomic E-state index is 0.545. The molecule has 1 aromatic rings. The van der Waals surface area contributed by atoms with Crippen molar-refractivity contribution in [2.75, 3.05) is 23.9 Å². The van der Waals surface area contributed by atoms with Crippen molar-refractivity contribution in [1.82, 2.24) is 9.97 Å². The summed E-state index contributed by atoms with van der Waals surface area (Å²) in [5.74, 6) is 1.62. The molecule has 0 bridgehead atoms. The Kier molecular flexibility index (Phi) is 4.10. The van der Waals surface area contributed by atoms with E-state index in [1.165, 1.54) is 19.3 Å². The molecule has 1 aliphatic rings. The fourth-order valence-electron chi connectivity index (χ4n) is 2.32. The maximum Gasteiger partial charge on any atom is 0.224 e. The maximum absolute atomic E-state index is 4.44. The molecular weight excluding hydrogens is 232 g/mol. The van der Waals surface area contributed by atoms with Crippen LogP contribution in [-0.4, -0.2) is 34.6 Å². The Morgan fingerprint density at radius 1 is 1.35 bits per heavy atom. The molecule has 0 aromatic carbocycles. The Labute approximate surface area is 107 Å². The fraction of sp³-hybridized carbons (Fsp3) is 0.667. The molecule has 0 saturated heterocycles. The summed E-state index contributed by atoms with van der Waals surface area (Å²) in [7, 11) is 1.85. The molecule has 2 unspecified atom stereocenters. The molecule has 1 aromatic heterocycles. The number of hydrogen-bond donors (Lipinski definition) is 2. The maximum atomic E-state index is 4.44. The highest BCUT2D eigenvalue weighted by atomic mass is 32.2. The summed E-state index contributed by atoms with van der Waals surface area (Å²) in [6, 6.07) is 2.56. The van der Waals surface area contributed by atoms with Crippen molar-refractivity contribution >= 4 is 23.5 Å². The second-order valence-corrected chi connectivity index (χ2v) is 5.50. The summed E-state index contributed by atoms with van der Waals surface area (Å²) in [5, 5.41) is 7.25. The number of thioether (sulfide) groups is 1. The van der Waals surface area contributed by atoms with Crippen LogP contribution in [0.1, 0.15) is 25.0 Å². The van der Waals surface area contributed by atoms with E-state index in [4.69, 9.17) is 0 Å². The molecule has 0 aliphatic heterocycles. The molecule has 1 heterocycles. The monoisotopic (exact) mass is 252 g/mol. The lowest BCUT2D eigenvalue weighted by molar-refractivity contribution is 0.762. The summed E-state index contributed by atoms with van der Waals surface area (Å²) in [6.07, 6.45) is 6.05. The van der Waals surface area contributed by atoms with Gasteiger partial charge >= 0.3 is 0 Å². The summed E-state index contributed by atoms with van der Waals surface area (Å²) < 4.78 is 0. The van der Waals surface area contributed by atoms with Crippen LogP contribution in [0.25, 0.3) is 0 Å². The van der Waals surface area contributed by atoms with Crippen LogP contribution < -0.4 is 10.6 Å². The third kappa shape index (κ3) is 3.03. The summed E-state index contributed by atoms with van der Waals surface area (Å²) >= 11 is 1.95. The van der Waals surface area contributed by atoms with Gasteiger partial charge in [0.25, 0.3) is 0 Å². The van der Waals surface area contributed by atoms with Gasteiger partial charge in [0.15, 0.2) is 0 Å². The number of aryl methyl sites for hydroxylation is 1. The van der Waals surface area contributed by atoms with E-state index >= 15 is 0 Å². The smallest absolute Gasteiger partial charge is 0.224 e. The third-order valence-corrected chi connectivity index (χ3v) is 4.34. The summed E-state index contributed by atoms with van der Waals surface area (Å²) in [6.45, 7) is 1.99. The lowest BCUT2D eigenvalue weighted by Crippen LogP contribution is -2.26. The van der Waals surface area contributed by atoms with Gasteiger partial charge < -0.3 is 10.6 Å². The van der Waals surface area contributed by atoms with E-state index < -0.39 is 0 Å². The van der Waals surface area contributed by atoms with Crippen molar-refractivity contribution in [2.45, 2.75) is 37.5 Å². The highest BCUT2D eigenvalue weighted by molar-refractivity contribution is 7.99. The SMILES string of the molecule is CNc1nc(C)cc(NC2CCCC2SC)n1. The minimum Gasteiger partial charge on any atom is -0.366 e. The van der Waals surface area contributed by atoms with Gasteiger partial charge in [-0.15, -0.1) is 0 Å². The van der Waals surface area contributed by atoms with Crippen molar-refractivity contribution in [2.24, 2.45) is 0 Å². The molecule has 1 fully saturated rings. The molecule has 17 heavy (non-hydrogen) atoms. The van der Waals surface area contributed by atoms with Crippen LogP contribution in [0, 0.1) is 6.92 Å². The fourth-order valence-corrected chi connectivity index (χ4v) is 3.25. The molecule has 2 rings (SSSR count). The first-order valence-corrected chi connectivity index (χ1v) is 7.34. The van der Waals surface area contributed by atoms with Gasteiger partial charge in [0, 0.05) is 30.1 Å². The molecule has 2 N–H and O–H groups in total. The molecule has 5 heteroatoms. The number of nitrogens with one attached hydrogen (secondary N) is 2. The number of nitrogens with zero attached hydrogens (tertiary/aromatic N) is 2. The van der Waals surface area contributed by atoms with Gasteiger partial charge in [-0.25, -0.2) is 4.98 Å². The van der Waals surface area contributed by atoms with Crippen LogP contribution in [0.2, 0.25) is 0 Å². The zero-order chi connectivity index (χ0) is 12.3. The molecule has 4 nitrogen and oxygen atoms in total. The predicted molar refractivity (Wildman–Crippen MR) is 74.9 cm³/mol.